The zero-order valence-corrected chi connectivity index (χ0v) is 16.3. The van der Waals surface area contributed by atoms with E-state index in [0.717, 1.165) is 11.4 Å². The number of aromatic nitrogens is 4. The van der Waals surface area contributed by atoms with Gasteiger partial charge in [-0.15, -0.1) is 5.10 Å². The molecule has 0 unspecified atom stereocenters. The topological polar surface area (TPSA) is 77.2 Å². The molecule has 0 saturated heterocycles. The maximum Gasteiger partial charge on any atom is 0.169 e. The van der Waals surface area contributed by atoms with Gasteiger partial charge < -0.3 is 10.1 Å². The fourth-order valence-corrected chi connectivity index (χ4v) is 2.55. The first kappa shape index (κ1) is 18.8. The Labute approximate surface area is 159 Å². The monoisotopic (exact) mass is 366 g/mol. The number of rotatable bonds is 7. The van der Waals surface area contributed by atoms with Crippen LogP contribution in [0, 0.1) is 0 Å². The zero-order valence-electron chi connectivity index (χ0n) is 16.3. The van der Waals surface area contributed by atoms with Crippen LogP contribution in [0.3, 0.4) is 0 Å². The van der Waals surface area contributed by atoms with Gasteiger partial charge in [0.1, 0.15) is 17.3 Å². The number of hydrogen-bond acceptors (Lipinski definition) is 6. The maximum absolute atomic E-state index is 6.19. The van der Waals surface area contributed by atoms with Crippen LogP contribution in [0.2, 0.25) is 0 Å². The van der Waals surface area contributed by atoms with Crippen molar-refractivity contribution >= 4 is 12.5 Å². The highest BCUT2D eigenvalue weighted by atomic mass is 16.5. The number of ether oxygens (including phenoxy) is 1. The average Bonchev–Trinajstić information content (AvgIpc) is 3.40. The van der Waals surface area contributed by atoms with E-state index >= 15 is 0 Å². The Morgan fingerprint density at radius 1 is 1.41 bits per heavy atom. The molecule has 1 fully saturated rings. The minimum absolute atomic E-state index is 0.116. The molecular weight excluding hydrogens is 340 g/mol. The van der Waals surface area contributed by atoms with Crippen molar-refractivity contribution in [2.45, 2.75) is 52.0 Å². The number of hydrogen-bond donors (Lipinski definition) is 1. The molecule has 0 radical (unpaired) electrons. The SMILES string of the molecule is C=N/C(=C\C(=C/C)Oc1cn(C2CC2)nc1C(C)(C)C)Nc1cccnn1. The lowest BCUT2D eigenvalue weighted by Crippen LogP contribution is -2.14. The van der Waals surface area contributed by atoms with Gasteiger partial charge in [-0.25, -0.2) is 4.99 Å². The molecule has 142 valence electrons. The molecule has 2 aromatic heterocycles. The van der Waals surface area contributed by atoms with Crippen molar-refractivity contribution in [3.05, 3.63) is 54.0 Å². The van der Waals surface area contributed by atoms with E-state index in [-0.39, 0.29) is 5.41 Å². The van der Waals surface area contributed by atoms with Gasteiger partial charge in [-0.05, 0) is 44.7 Å². The Balaban J connectivity index is 1.83. The summed E-state index contributed by atoms with van der Waals surface area (Å²) in [5.41, 5.74) is 0.826. The number of nitrogens with one attached hydrogen (secondary N) is 1. The van der Waals surface area contributed by atoms with Crippen LogP contribution in [0.5, 0.6) is 5.75 Å². The van der Waals surface area contributed by atoms with Crippen molar-refractivity contribution in [2.24, 2.45) is 4.99 Å². The number of anilines is 1. The second-order valence-corrected chi connectivity index (χ2v) is 7.52. The molecule has 1 aliphatic carbocycles. The van der Waals surface area contributed by atoms with Crippen LogP contribution >= 0.6 is 0 Å². The highest BCUT2D eigenvalue weighted by Crippen LogP contribution is 2.39. The quantitative estimate of drug-likeness (QED) is 0.450. The Hall–Kier alpha value is -2.96. The van der Waals surface area contributed by atoms with Crippen LogP contribution < -0.4 is 10.1 Å². The number of aliphatic imine (C=N–C) groups is 1. The first-order chi connectivity index (χ1) is 12.9. The second-order valence-electron chi connectivity index (χ2n) is 7.52. The van der Waals surface area contributed by atoms with Crippen molar-refractivity contribution in [3.63, 3.8) is 0 Å². The van der Waals surface area contributed by atoms with Crippen molar-refractivity contribution in [2.75, 3.05) is 5.32 Å². The fraction of sp³-hybridized carbons (Fsp3) is 0.400. The van der Waals surface area contributed by atoms with Gasteiger partial charge in [-0.1, -0.05) is 20.8 Å². The van der Waals surface area contributed by atoms with E-state index in [1.54, 1.807) is 24.4 Å². The molecule has 27 heavy (non-hydrogen) atoms. The Morgan fingerprint density at radius 2 is 2.19 bits per heavy atom. The minimum atomic E-state index is -0.116. The van der Waals surface area contributed by atoms with E-state index in [1.165, 1.54) is 12.8 Å². The van der Waals surface area contributed by atoms with Crippen LogP contribution in [0.25, 0.3) is 0 Å². The summed E-state index contributed by atoms with van der Waals surface area (Å²) in [5.74, 6) is 2.52. The molecule has 3 rings (SSSR count). The van der Waals surface area contributed by atoms with E-state index < -0.39 is 0 Å². The predicted octanol–water partition coefficient (Wildman–Crippen LogP) is 4.24. The summed E-state index contributed by atoms with van der Waals surface area (Å²) in [6.45, 7) is 11.9. The first-order valence-electron chi connectivity index (χ1n) is 9.07. The Kier molecular flexibility index (Phi) is 5.39. The van der Waals surface area contributed by atoms with E-state index in [4.69, 9.17) is 9.84 Å². The van der Waals surface area contributed by atoms with Crippen molar-refractivity contribution in [1.82, 2.24) is 20.0 Å². The van der Waals surface area contributed by atoms with E-state index in [9.17, 15) is 0 Å². The standard InChI is InChI=1S/C20H26N6O/c1-6-15(12-18(21-5)23-17-8-7-11-22-24-17)27-16-13-26(14-9-10-14)25-19(16)20(2,3)4/h6-8,11-14H,5,9-10H2,1-4H3,(H,23,24)/b15-6+,18-12+. The molecule has 0 spiro atoms. The Bertz CT molecular complexity index is 856. The van der Waals surface area contributed by atoms with Gasteiger partial charge in [0, 0.05) is 17.7 Å². The third kappa shape index (κ3) is 4.81. The van der Waals surface area contributed by atoms with Crippen LogP contribution in [-0.4, -0.2) is 26.7 Å². The van der Waals surface area contributed by atoms with Gasteiger partial charge in [0.2, 0.25) is 0 Å². The van der Waals surface area contributed by atoms with Gasteiger partial charge in [-0.2, -0.15) is 10.2 Å². The summed E-state index contributed by atoms with van der Waals surface area (Å²) < 4.78 is 8.21. The molecule has 7 heteroatoms. The molecule has 1 N–H and O–H groups in total. The van der Waals surface area contributed by atoms with Crippen molar-refractivity contribution in [1.29, 1.82) is 0 Å². The zero-order chi connectivity index (χ0) is 19.4. The Morgan fingerprint density at radius 3 is 2.74 bits per heavy atom. The first-order valence-corrected chi connectivity index (χ1v) is 9.07. The van der Waals surface area contributed by atoms with Gasteiger partial charge >= 0.3 is 0 Å². The summed E-state index contributed by atoms with van der Waals surface area (Å²) in [4.78, 5) is 4.02. The smallest absolute Gasteiger partial charge is 0.169 e. The van der Waals surface area contributed by atoms with E-state index in [0.29, 0.717) is 23.4 Å². The van der Waals surface area contributed by atoms with Gasteiger partial charge in [0.15, 0.2) is 11.6 Å². The molecular formula is C20H26N6O. The van der Waals surface area contributed by atoms with Gasteiger partial charge in [0.05, 0.1) is 12.2 Å². The highest BCUT2D eigenvalue weighted by molar-refractivity contribution is 5.45. The van der Waals surface area contributed by atoms with Gasteiger partial charge in [0.25, 0.3) is 0 Å². The minimum Gasteiger partial charge on any atom is -0.454 e. The van der Waals surface area contributed by atoms with Crippen LogP contribution in [0.1, 0.15) is 52.3 Å². The second kappa shape index (κ2) is 7.73. The molecule has 7 nitrogen and oxygen atoms in total. The lowest BCUT2D eigenvalue weighted by molar-refractivity contribution is 0.421. The molecule has 0 amide bonds. The fourth-order valence-electron chi connectivity index (χ4n) is 2.55. The van der Waals surface area contributed by atoms with Crippen molar-refractivity contribution in [3.8, 4) is 5.75 Å². The molecule has 0 aliphatic heterocycles. The lowest BCUT2D eigenvalue weighted by Gasteiger charge is -2.17. The third-order valence-corrected chi connectivity index (χ3v) is 4.12. The molecule has 0 bridgehead atoms. The summed E-state index contributed by atoms with van der Waals surface area (Å²) in [6.07, 6.45) is 9.61. The van der Waals surface area contributed by atoms with Crippen molar-refractivity contribution < 1.29 is 4.74 Å². The molecule has 1 aliphatic rings. The van der Waals surface area contributed by atoms with Crippen LogP contribution in [0.15, 0.2) is 53.3 Å². The number of nitrogens with zero attached hydrogens (tertiary/aromatic N) is 5. The van der Waals surface area contributed by atoms with E-state index in [1.807, 2.05) is 23.9 Å². The summed E-state index contributed by atoms with van der Waals surface area (Å²) in [7, 11) is 0. The highest BCUT2D eigenvalue weighted by Gasteiger charge is 2.30. The van der Waals surface area contributed by atoms with Crippen LogP contribution in [-0.2, 0) is 5.41 Å². The summed E-state index contributed by atoms with van der Waals surface area (Å²) in [6, 6.07) is 4.10. The molecule has 0 atom stereocenters. The lowest BCUT2D eigenvalue weighted by atomic mass is 9.92. The average molecular weight is 366 g/mol. The molecule has 1 saturated carbocycles. The van der Waals surface area contributed by atoms with Crippen LogP contribution in [0.4, 0.5) is 5.82 Å². The molecule has 0 aromatic carbocycles. The molecule has 2 heterocycles. The third-order valence-electron chi connectivity index (χ3n) is 4.12. The molecule has 2 aromatic rings. The summed E-state index contributed by atoms with van der Waals surface area (Å²) >= 11 is 0. The largest absolute Gasteiger partial charge is 0.454 e. The summed E-state index contributed by atoms with van der Waals surface area (Å²) in [5, 5.41) is 15.7. The number of allylic oxidation sites excluding steroid dienone is 2. The maximum atomic E-state index is 6.19. The van der Waals surface area contributed by atoms with E-state index in [2.05, 4.69) is 48.0 Å². The predicted molar refractivity (Wildman–Crippen MR) is 107 cm³/mol. The normalized spacial score (nSPS) is 15.6. The van der Waals surface area contributed by atoms with Gasteiger partial charge in [-0.3, -0.25) is 4.68 Å².